The van der Waals surface area contributed by atoms with Crippen LogP contribution < -0.4 is 0 Å². The van der Waals surface area contributed by atoms with E-state index in [2.05, 4.69) is 0 Å². The van der Waals surface area contributed by atoms with E-state index in [1.807, 2.05) is 20.8 Å². The molecule has 0 aromatic heterocycles. The van der Waals surface area contributed by atoms with Gasteiger partial charge >= 0.3 is 17.9 Å². The van der Waals surface area contributed by atoms with Gasteiger partial charge in [-0.05, 0) is 19.3 Å². The highest BCUT2D eigenvalue weighted by molar-refractivity contribution is 5.71. The number of carbonyl (C=O) groups excluding carboxylic acids is 3. The van der Waals surface area contributed by atoms with Crippen molar-refractivity contribution in [2.75, 3.05) is 6.61 Å². The molecule has 0 aliphatic carbocycles. The molecule has 1 aliphatic rings. The Hall–Kier alpha value is -1.67. The van der Waals surface area contributed by atoms with Crippen molar-refractivity contribution in [2.45, 2.75) is 83.9 Å². The highest BCUT2D eigenvalue weighted by atomic mass is 16.7. The first-order chi connectivity index (χ1) is 11.9. The van der Waals surface area contributed by atoms with Gasteiger partial charge in [0.2, 0.25) is 0 Å². The summed E-state index contributed by atoms with van der Waals surface area (Å²) < 4.78 is 21.0. The summed E-state index contributed by atoms with van der Waals surface area (Å²) in [5.74, 6) is -1.54. The molecule has 4 atom stereocenters. The predicted molar refractivity (Wildman–Crippen MR) is 86.3 cm³/mol. The molecule has 1 aliphatic heterocycles. The zero-order chi connectivity index (χ0) is 18.8. The Bertz CT molecular complexity index is 450. The average molecular weight is 360 g/mol. The average Bonchev–Trinajstić information content (AvgIpc) is 2.54. The molecule has 0 saturated carbocycles. The minimum atomic E-state index is -1.46. The predicted octanol–water partition coefficient (Wildman–Crippen LogP) is 1.47. The Morgan fingerprint density at radius 2 is 1.28 bits per heavy atom. The van der Waals surface area contributed by atoms with Crippen LogP contribution in [0.15, 0.2) is 0 Å². The zero-order valence-corrected chi connectivity index (χ0v) is 15.1. The molecule has 0 bridgehead atoms. The molecule has 144 valence electrons. The van der Waals surface area contributed by atoms with E-state index < -0.39 is 42.5 Å². The third kappa shape index (κ3) is 6.99. The van der Waals surface area contributed by atoms with Crippen molar-refractivity contribution in [2.24, 2.45) is 0 Å². The lowest BCUT2D eigenvalue weighted by Gasteiger charge is -2.38. The standard InChI is InChI=1S/C17H28O8/c1-4-7-12(18)23-11-10-22-17(21)16(25-14(20)9-6-3)15(11)24-13(19)8-5-2/h11,15-17,21H,4-10H2,1-3H3/t11-,15+,16-,17-/m0/s1. The van der Waals surface area contributed by atoms with Gasteiger partial charge in [-0.25, -0.2) is 0 Å². The zero-order valence-electron chi connectivity index (χ0n) is 15.1. The lowest BCUT2D eigenvalue weighted by atomic mass is 10.0. The Labute approximate surface area is 147 Å². The highest BCUT2D eigenvalue weighted by Gasteiger charge is 2.46. The molecule has 1 fully saturated rings. The summed E-state index contributed by atoms with van der Waals surface area (Å²) in [6.07, 6.45) is -2.48. The molecule has 1 rings (SSSR count). The van der Waals surface area contributed by atoms with Crippen LogP contribution in [-0.2, 0) is 33.3 Å². The molecule has 0 aromatic carbocycles. The van der Waals surface area contributed by atoms with Crippen LogP contribution in [0, 0.1) is 0 Å². The van der Waals surface area contributed by atoms with Crippen LogP contribution >= 0.6 is 0 Å². The second kappa shape index (κ2) is 11.0. The third-order valence-corrected chi connectivity index (χ3v) is 3.58. The van der Waals surface area contributed by atoms with Crippen molar-refractivity contribution < 1.29 is 38.4 Å². The van der Waals surface area contributed by atoms with Crippen molar-refractivity contribution >= 4 is 17.9 Å². The van der Waals surface area contributed by atoms with Gasteiger partial charge in [0.1, 0.15) is 0 Å². The quantitative estimate of drug-likeness (QED) is 0.486. The van der Waals surface area contributed by atoms with Gasteiger partial charge in [-0.2, -0.15) is 0 Å². The SMILES string of the molecule is CCCC(=O)O[C@H]1[C@H](OC(=O)CCC)[C@@H](O)OC[C@@H]1OC(=O)CCC. The van der Waals surface area contributed by atoms with Crippen molar-refractivity contribution in [3.63, 3.8) is 0 Å². The fourth-order valence-electron chi connectivity index (χ4n) is 2.39. The summed E-state index contributed by atoms with van der Waals surface area (Å²) in [7, 11) is 0. The number of hydrogen-bond acceptors (Lipinski definition) is 8. The minimum Gasteiger partial charge on any atom is -0.456 e. The first kappa shape index (κ1) is 21.4. The molecule has 0 spiro atoms. The summed E-state index contributed by atoms with van der Waals surface area (Å²) in [5, 5.41) is 10.0. The van der Waals surface area contributed by atoms with E-state index in [4.69, 9.17) is 18.9 Å². The molecule has 8 heteroatoms. The highest BCUT2D eigenvalue weighted by Crippen LogP contribution is 2.24. The van der Waals surface area contributed by atoms with Gasteiger partial charge in [0.25, 0.3) is 0 Å². The van der Waals surface area contributed by atoms with Crippen LogP contribution in [0.25, 0.3) is 0 Å². The van der Waals surface area contributed by atoms with Crippen molar-refractivity contribution in [3.05, 3.63) is 0 Å². The van der Waals surface area contributed by atoms with Crippen LogP contribution in [-0.4, -0.2) is 54.2 Å². The number of aliphatic hydroxyl groups excluding tert-OH is 1. The Balaban J connectivity index is 2.91. The number of carbonyl (C=O) groups is 3. The molecular weight excluding hydrogens is 332 g/mol. The first-order valence-corrected chi connectivity index (χ1v) is 8.80. The van der Waals surface area contributed by atoms with E-state index >= 15 is 0 Å². The summed E-state index contributed by atoms with van der Waals surface area (Å²) in [5.41, 5.74) is 0. The summed E-state index contributed by atoms with van der Waals surface area (Å²) >= 11 is 0. The van der Waals surface area contributed by atoms with E-state index in [0.29, 0.717) is 19.3 Å². The number of ether oxygens (including phenoxy) is 4. The van der Waals surface area contributed by atoms with Crippen LogP contribution in [0.2, 0.25) is 0 Å². The van der Waals surface area contributed by atoms with Gasteiger partial charge in [-0.1, -0.05) is 20.8 Å². The number of aliphatic hydroxyl groups is 1. The number of rotatable bonds is 9. The molecule has 1 N–H and O–H groups in total. The largest absolute Gasteiger partial charge is 0.456 e. The molecular formula is C17H28O8. The monoisotopic (exact) mass is 360 g/mol. The summed E-state index contributed by atoms with van der Waals surface area (Å²) in [6.45, 7) is 5.31. The molecule has 0 amide bonds. The lowest BCUT2D eigenvalue weighted by Crippen LogP contribution is -2.57. The number of esters is 3. The van der Waals surface area contributed by atoms with Crippen LogP contribution in [0.4, 0.5) is 0 Å². The van der Waals surface area contributed by atoms with Gasteiger partial charge in [-0.15, -0.1) is 0 Å². The van der Waals surface area contributed by atoms with Gasteiger partial charge in [0.15, 0.2) is 24.6 Å². The Kier molecular flexibility index (Phi) is 9.44. The van der Waals surface area contributed by atoms with Crippen LogP contribution in [0.3, 0.4) is 0 Å². The molecule has 8 nitrogen and oxygen atoms in total. The molecule has 0 radical (unpaired) electrons. The maximum Gasteiger partial charge on any atom is 0.306 e. The minimum absolute atomic E-state index is 0.150. The topological polar surface area (TPSA) is 108 Å². The van der Waals surface area contributed by atoms with Crippen molar-refractivity contribution in [1.29, 1.82) is 0 Å². The fraction of sp³-hybridized carbons (Fsp3) is 0.824. The number of hydrogen-bond donors (Lipinski definition) is 1. The maximum absolute atomic E-state index is 11.9. The first-order valence-electron chi connectivity index (χ1n) is 8.80. The fourth-order valence-corrected chi connectivity index (χ4v) is 2.39. The van der Waals surface area contributed by atoms with E-state index in [9.17, 15) is 19.5 Å². The summed E-state index contributed by atoms with van der Waals surface area (Å²) in [6, 6.07) is 0. The molecule has 25 heavy (non-hydrogen) atoms. The molecule has 0 unspecified atom stereocenters. The van der Waals surface area contributed by atoms with Gasteiger partial charge < -0.3 is 24.1 Å². The summed E-state index contributed by atoms with van der Waals surface area (Å²) in [4.78, 5) is 35.5. The van der Waals surface area contributed by atoms with Crippen LogP contribution in [0.1, 0.15) is 59.3 Å². The van der Waals surface area contributed by atoms with E-state index in [0.717, 1.165) is 0 Å². The smallest absolute Gasteiger partial charge is 0.306 e. The molecule has 0 aromatic rings. The third-order valence-electron chi connectivity index (χ3n) is 3.58. The van der Waals surface area contributed by atoms with E-state index in [-0.39, 0.29) is 25.9 Å². The van der Waals surface area contributed by atoms with E-state index in [1.54, 1.807) is 0 Å². The molecule has 1 saturated heterocycles. The second-order valence-electron chi connectivity index (χ2n) is 5.91. The maximum atomic E-state index is 11.9. The van der Waals surface area contributed by atoms with E-state index in [1.165, 1.54) is 0 Å². The van der Waals surface area contributed by atoms with Gasteiger partial charge in [0, 0.05) is 19.3 Å². The Morgan fingerprint density at radius 1 is 0.840 bits per heavy atom. The van der Waals surface area contributed by atoms with Gasteiger partial charge in [-0.3, -0.25) is 14.4 Å². The van der Waals surface area contributed by atoms with Gasteiger partial charge in [0.05, 0.1) is 6.61 Å². The van der Waals surface area contributed by atoms with Crippen LogP contribution in [0.5, 0.6) is 0 Å². The second-order valence-corrected chi connectivity index (χ2v) is 5.91. The molecule has 1 heterocycles. The Morgan fingerprint density at radius 3 is 1.76 bits per heavy atom. The normalized spacial score (nSPS) is 25.9. The lowest BCUT2D eigenvalue weighted by molar-refractivity contribution is -0.268. The van der Waals surface area contributed by atoms with Crippen molar-refractivity contribution in [1.82, 2.24) is 0 Å². The van der Waals surface area contributed by atoms with Crippen molar-refractivity contribution in [3.8, 4) is 0 Å².